The molecule has 0 saturated carbocycles. The molecule has 1 aromatic carbocycles. The van der Waals surface area contributed by atoms with E-state index in [1.807, 2.05) is 4.57 Å². The molecule has 1 aliphatic heterocycles. The monoisotopic (exact) mass is 270 g/mol. The van der Waals surface area contributed by atoms with E-state index in [-0.39, 0.29) is 6.10 Å². The molecule has 2 aromatic rings. The number of halogens is 3. The van der Waals surface area contributed by atoms with E-state index in [1.54, 1.807) is 6.33 Å². The number of alkyl halides is 3. The first-order valence-corrected chi connectivity index (χ1v) is 6.18. The van der Waals surface area contributed by atoms with Crippen LogP contribution in [0, 0.1) is 0 Å². The number of hydrogen-bond acceptors (Lipinski definition) is 2. The van der Waals surface area contributed by atoms with Gasteiger partial charge in [0, 0.05) is 6.61 Å². The van der Waals surface area contributed by atoms with E-state index in [9.17, 15) is 13.2 Å². The van der Waals surface area contributed by atoms with Gasteiger partial charge in [0.15, 0.2) is 0 Å². The van der Waals surface area contributed by atoms with Gasteiger partial charge in [-0.1, -0.05) is 0 Å². The highest BCUT2D eigenvalue weighted by molar-refractivity contribution is 5.76. The van der Waals surface area contributed by atoms with Crippen molar-refractivity contribution < 1.29 is 17.9 Å². The third kappa shape index (κ3) is 2.45. The SMILES string of the molecule is FC(F)(F)c1ccc2c(c1)ncn2CC1CCCO1. The molecule has 3 nitrogen and oxygen atoms in total. The molecule has 0 N–H and O–H groups in total. The number of ether oxygens (including phenoxy) is 1. The maximum Gasteiger partial charge on any atom is 0.416 e. The van der Waals surface area contributed by atoms with E-state index in [4.69, 9.17) is 4.74 Å². The Morgan fingerprint density at radius 1 is 1.37 bits per heavy atom. The molecule has 1 aromatic heterocycles. The highest BCUT2D eigenvalue weighted by Gasteiger charge is 2.30. The molecule has 6 heteroatoms. The van der Waals surface area contributed by atoms with Crippen LogP contribution in [0.15, 0.2) is 24.5 Å². The van der Waals surface area contributed by atoms with Gasteiger partial charge in [-0.2, -0.15) is 13.2 Å². The third-order valence-electron chi connectivity index (χ3n) is 3.37. The van der Waals surface area contributed by atoms with Crippen molar-refractivity contribution in [2.24, 2.45) is 0 Å². The van der Waals surface area contributed by atoms with Gasteiger partial charge in [-0.25, -0.2) is 4.98 Å². The van der Waals surface area contributed by atoms with E-state index in [1.165, 1.54) is 6.07 Å². The molecule has 0 amide bonds. The van der Waals surface area contributed by atoms with Crippen molar-refractivity contribution in [3.63, 3.8) is 0 Å². The minimum absolute atomic E-state index is 0.139. The summed E-state index contributed by atoms with van der Waals surface area (Å²) in [6.07, 6.45) is -0.589. The molecule has 1 fully saturated rings. The van der Waals surface area contributed by atoms with Crippen molar-refractivity contribution >= 4 is 11.0 Å². The van der Waals surface area contributed by atoms with Crippen molar-refractivity contribution in [2.45, 2.75) is 31.7 Å². The number of rotatable bonds is 2. The van der Waals surface area contributed by atoms with E-state index in [0.29, 0.717) is 17.6 Å². The molecule has 0 bridgehead atoms. The molecule has 2 heterocycles. The van der Waals surface area contributed by atoms with Crippen LogP contribution in [0.5, 0.6) is 0 Å². The van der Waals surface area contributed by atoms with Gasteiger partial charge in [0.05, 0.1) is 35.6 Å². The first kappa shape index (κ1) is 12.5. The molecule has 19 heavy (non-hydrogen) atoms. The summed E-state index contributed by atoms with van der Waals surface area (Å²) in [5.74, 6) is 0. The summed E-state index contributed by atoms with van der Waals surface area (Å²) < 4.78 is 45.2. The van der Waals surface area contributed by atoms with Gasteiger partial charge in [0.2, 0.25) is 0 Å². The van der Waals surface area contributed by atoms with E-state index in [0.717, 1.165) is 31.6 Å². The van der Waals surface area contributed by atoms with Gasteiger partial charge in [-0.05, 0) is 31.0 Å². The van der Waals surface area contributed by atoms with Crippen LogP contribution in [0.4, 0.5) is 13.2 Å². The zero-order chi connectivity index (χ0) is 13.5. The largest absolute Gasteiger partial charge is 0.416 e. The second-order valence-electron chi connectivity index (χ2n) is 4.73. The average molecular weight is 270 g/mol. The van der Waals surface area contributed by atoms with Crippen LogP contribution >= 0.6 is 0 Å². The number of nitrogens with zero attached hydrogens (tertiary/aromatic N) is 2. The minimum Gasteiger partial charge on any atom is -0.376 e. The second-order valence-corrected chi connectivity index (χ2v) is 4.73. The quantitative estimate of drug-likeness (QED) is 0.837. The highest BCUT2D eigenvalue weighted by Crippen LogP contribution is 2.31. The summed E-state index contributed by atoms with van der Waals surface area (Å²) in [4.78, 5) is 4.04. The van der Waals surface area contributed by atoms with Crippen molar-refractivity contribution in [1.82, 2.24) is 9.55 Å². The lowest BCUT2D eigenvalue weighted by Gasteiger charge is -2.11. The molecule has 1 saturated heterocycles. The van der Waals surface area contributed by atoms with Crippen LogP contribution in [0.3, 0.4) is 0 Å². The third-order valence-corrected chi connectivity index (χ3v) is 3.37. The first-order valence-electron chi connectivity index (χ1n) is 6.18. The number of hydrogen-bond donors (Lipinski definition) is 0. The molecule has 1 unspecified atom stereocenters. The van der Waals surface area contributed by atoms with Gasteiger partial charge in [0.1, 0.15) is 0 Å². The lowest BCUT2D eigenvalue weighted by atomic mass is 10.2. The Hall–Kier alpha value is -1.56. The maximum absolute atomic E-state index is 12.6. The van der Waals surface area contributed by atoms with Crippen LogP contribution in [-0.2, 0) is 17.5 Å². The number of fused-ring (bicyclic) bond motifs is 1. The number of aromatic nitrogens is 2. The first-order chi connectivity index (χ1) is 9.04. The Morgan fingerprint density at radius 3 is 2.89 bits per heavy atom. The standard InChI is InChI=1S/C13H13F3N2O/c14-13(15,16)9-3-4-12-11(6-9)17-8-18(12)7-10-2-1-5-19-10/h3-4,6,8,10H,1-2,5,7H2. The fourth-order valence-corrected chi connectivity index (χ4v) is 2.39. The normalized spacial score (nSPS) is 20.3. The summed E-state index contributed by atoms with van der Waals surface area (Å²) in [5, 5.41) is 0. The fourth-order valence-electron chi connectivity index (χ4n) is 2.39. The van der Waals surface area contributed by atoms with Gasteiger partial charge in [-0.15, -0.1) is 0 Å². The summed E-state index contributed by atoms with van der Waals surface area (Å²) in [6, 6.07) is 3.65. The molecule has 0 radical (unpaired) electrons. The molecule has 3 rings (SSSR count). The Bertz CT molecular complexity index is 585. The Balaban J connectivity index is 1.91. The topological polar surface area (TPSA) is 27.1 Å². The average Bonchev–Trinajstić information content (AvgIpc) is 2.98. The Morgan fingerprint density at radius 2 is 2.21 bits per heavy atom. The Labute approximate surface area is 108 Å². The zero-order valence-corrected chi connectivity index (χ0v) is 10.2. The summed E-state index contributed by atoms with van der Waals surface area (Å²) in [6.45, 7) is 1.40. The molecular weight excluding hydrogens is 257 g/mol. The minimum atomic E-state index is -4.33. The number of imidazole rings is 1. The highest BCUT2D eigenvalue weighted by atomic mass is 19.4. The molecule has 0 spiro atoms. The lowest BCUT2D eigenvalue weighted by Crippen LogP contribution is -2.14. The Kier molecular flexibility index (Phi) is 2.97. The van der Waals surface area contributed by atoms with Crippen LogP contribution in [-0.4, -0.2) is 22.3 Å². The van der Waals surface area contributed by atoms with Crippen LogP contribution in [0.1, 0.15) is 18.4 Å². The molecule has 1 aliphatic rings. The lowest BCUT2D eigenvalue weighted by molar-refractivity contribution is -0.137. The van der Waals surface area contributed by atoms with Crippen LogP contribution in [0.25, 0.3) is 11.0 Å². The van der Waals surface area contributed by atoms with Crippen LogP contribution in [0.2, 0.25) is 0 Å². The van der Waals surface area contributed by atoms with Crippen molar-refractivity contribution in [2.75, 3.05) is 6.61 Å². The predicted octanol–water partition coefficient (Wildman–Crippen LogP) is 3.23. The fraction of sp³-hybridized carbons (Fsp3) is 0.462. The van der Waals surface area contributed by atoms with E-state index >= 15 is 0 Å². The van der Waals surface area contributed by atoms with Gasteiger partial charge in [-0.3, -0.25) is 0 Å². The summed E-state index contributed by atoms with van der Waals surface area (Å²) in [7, 11) is 0. The molecule has 0 aliphatic carbocycles. The van der Waals surface area contributed by atoms with E-state index < -0.39 is 11.7 Å². The van der Waals surface area contributed by atoms with Crippen LogP contribution < -0.4 is 0 Å². The van der Waals surface area contributed by atoms with Crippen molar-refractivity contribution in [1.29, 1.82) is 0 Å². The molecule has 1 atom stereocenters. The van der Waals surface area contributed by atoms with Gasteiger partial charge < -0.3 is 9.30 Å². The summed E-state index contributed by atoms with van der Waals surface area (Å²) in [5.41, 5.74) is 0.415. The van der Waals surface area contributed by atoms with Crippen molar-refractivity contribution in [3.8, 4) is 0 Å². The predicted molar refractivity (Wildman–Crippen MR) is 63.7 cm³/mol. The molecule has 102 valence electrons. The van der Waals surface area contributed by atoms with Gasteiger partial charge in [0.25, 0.3) is 0 Å². The second kappa shape index (κ2) is 4.52. The smallest absolute Gasteiger partial charge is 0.376 e. The zero-order valence-electron chi connectivity index (χ0n) is 10.2. The number of benzene rings is 1. The molecular formula is C13H13F3N2O. The maximum atomic E-state index is 12.6. The summed E-state index contributed by atoms with van der Waals surface area (Å²) >= 11 is 0. The van der Waals surface area contributed by atoms with Crippen molar-refractivity contribution in [3.05, 3.63) is 30.1 Å². The van der Waals surface area contributed by atoms with E-state index in [2.05, 4.69) is 4.98 Å². The van der Waals surface area contributed by atoms with Gasteiger partial charge >= 0.3 is 6.18 Å².